The van der Waals surface area contributed by atoms with E-state index in [0.717, 1.165) is 6.54 Å². The molecule has 1 atom stereocenters. The Labute approximate surface area is 50.3 Å². The maximum Gasteiger partial charge on any atom is 0.133 e. The molecule has 0 amide bonds. The van der Waals surface area contributed by atoms with Gasteiger partial charge in [0.1, 0.15) is 5.78 Å². The van der Waals surface area contributed by atoms with E-state index >= 15 is 0 Å². The lowest BCUT2D eigenvalue weighted by molar-refractivity contribution is -0.120. The van der Waals surface area contributed by atoms with E-state index in [0.29, 0.717) is 0 Å². The van der Waals surface area contributed by atoms with Gasteiger partial charge in [-0.3, -0.25) is 4.79 Å². The third-order valence-corrected chi connectivity index (χ3v) is 1.20. The van der Waals surface area contributed by atoms with Gasteiger partial charge in [-0.2, -0.15) is 0 Å². The smallest absolute Gasteiger partial charge is 0.133 e. The Kier molecular flexibility index (Phi) is 3.44. The van der Waals surface area contributed by atoms with Crippen LogP contribution in [0.25, 0.3) is 0 Å². The Hall–Kier alpha value is -0.370. The predicted octanol–water partition coefficient (Wildman–Crippen LogP) is 0.431. The molecule has 2 nitrogen and oxygen atoms in total. The first-order valence-corrected chi connectivity index (χ1v) is 2.83. The number of carbonyl (C=O) groups is 1. The second-order valence-electron chi connectivity index (χ2n) is 2.07. The summed E-state index contributed by atoms with van der Waals surface area (Å²) in [7, 11) is 1.85. The van der Waals surface area contributed by atoms with E-state index in [1.54, 1.807) is 6.92 Å². The van der Waals surface area contributed by atoms with Crippen LogP contribution in [0.3, 0.4) is 0 Å². The van der Waals surface area contributed by atoms with Gasteiger partial charge >= 0.3 is 0 Å². The third-order valence-electron chi connectivity index (χ3n) is 1.20. The molecule has 0 heterocycles. The second-order valence-corrected chi connectivity index (χ2v) is 2.07. The van der Waals surface area contributed by atoms with E-state index in [1.807, 2.05) is 14.0 Å². The molecule has 0 radical (unpaired) electrons. The summed E-state index contributed by atoms with van der Waals surface area (Å²) in [6.07, 6.45) is 0. The summed E-state index contributed by atoms with van der Waals surface area (Å²) in [5.74, 6) is 0.416. The topological polar surface area (TPSA) is 29.1 Å². The van der Waals surface area contributed by atoms with Gasteiger partial charge in [-0.1, -0.05) is 6.92 Å². The average Bonchev–Trinajstić information content (AvgIpc) is 1.67. The molecule has 1 N–H and O–H groups in total. The van der Waals surface area contributed by atoms with Gasteiger partial charge in [0, 0.05) is 12.5 Å². The van der Waals surface area contributed by atoms with E-state index in [9.17, 15) is 4.79 Å². The number of rotatable bonds is 3. The van der Waals surface area contributed by atoms with Gasteiger partial charge < -0.3 is 5.32 Å². The van der Waals surface area contributed by atoms with Crippen molar-refractivity contribution in [3.05, 3.63) is 0 Å². The number of carbonyl (C=O) groups excluding carboxylic acids is 1. The van der Waals surface area contributed by atoms with Crippen molar-refractivity contribution in [1.82, 2.24) is 5.32 Å². The lowest BCUT2D eigenvalue weighted by Gasteiger charge is -2.03. The molecule has 0 unspecified atom stereocenters. The van der Waals surface area contributed by atoms with Crippen LogP contribution in [-0.2, 0) is 4.79 Å². The van der Waals surface area contributed by atoms with Crippen molar-refractivity contribution in [3.63, 3.8) is 0 Å². The van der Waals surface area contributed by atoms with Gasteiger partial charge in [0.25, 0.3) is 0 Å². The number of ketones is 1. The zero-order chi connectivity index (χ0) is 6.57. The molecule has 0 aromatic rings. The van der Waals surface area contributed by atoms with Crippen LogP contribution >= 0.6 is 0 Å². The summed E-state index contributed by atoms with van der Waals surface area (Å²) in [4.78, 5) is 10.5. The standard InChI is InChI=1S/C6H13NO/c1-5(4-7-3)6(2)8/h5,7H,4H2,1-3H3/t5-/m0/s1. The van der Waals surface area contributed by atoms with Gasteiger partial charge in [-0.25, -0.2) is 0 Å². The van der Waals surface area contributed by atoms with Crippen molar-refractivity contribution in [1.29, 1.82) is 0 Å². The normalized spacial score (nSPS) is 13.4. The molecule has 0 aromatic carbocycles. The molecule has 0 bridgehead atoms. The van der Waals surface area contributed by atoms with Gasteiger partial charge in [0.05, 0.1) is 0 Å². The molecular weight excluding hydrogens is 102 g/mol. The largest absolute Gasteiger partial charge is 0.319 e. The highest BCUT2D eigenvalue weighted by molar-refractivity contribution is 5.78. The highest BCUT2D eigenvalue weighted by atomic mass is 16.1. The fraction of sp³-hybridized carbons (Fsp3) is 0.833. The van der Waals surface area contributed by atoms with Crippen LogP contribution in [0.5, 0.6) is 0 Å². The molecule has 48 valence electrons. The van der Waals surface area contributed by atoms with Crippen LogP contribution in [0.4, 0.5) is 0 Å². The Morgan fingerprint density at radius 3 is 2.38 bits per heavy atom. The summed E-state index contributed by atoms with van der Waals surface area (Å²) in [6, 6.07) is 0. The lowest BCUT2D eigenvalue weighted by atomic mass is 10.1. The third kappa shape index (κ3) is 2.75. The molecule has 0 aliphatic heterocycles. The zero-order valence-electron chi connectivity index (χ0n) is 5.69. The fourth-order valence-corrected chi connectivity index (χ4v) is 0.450. The maximum absolute atomic E-state index is 10.5. The van der Waals surface area contributed by atoms with Gasteiger partial charge in [-0.15, -0.1) is 0 Å². The van der Waals surface area contributed by atoms with Crippen molar-refractivity contribution in [2.24, 2.45) is 5.92 Å². The van der Waals surface area contributed by atoms with Gasteiger partial charge in [0.2, 0.25) is 0 Å². The number of hydrogen-bond donors (Lipinski definition) is 1. The number of nitrogens with one attached hydrogen (secondary N) is 1. The van der Waals surface area contributed by atoms with Crippen molar-refractivity contribution in [2.45, 2.75) is 13.8 Å². The first-order chi connectivity index (χ1) is 3.68. The SMILES string of the molecule is CNC[C@H](C)C(C)=O. The number of hydrogen-bond acceptors (Lipinski definition) is 2. The first-order valence-electron chi connectivity index (χ1n) is 2.83. The molecule has 0 spiro atoms. The minimum Gasteiger partial charge on any atom is -0.319 e. The van der Waals surface area contributed by atoms with Crippen LogP contribution in [-0.4, -0.2) is 19.4 Å². The Morgan fingerprint density at radius 2 is 2.25 bits per heavy atom. The number of Topliss-reactive ketones (excluding diaryl/α,β-unsaturated/α-hetero) is 1. The van der Waals surface area contributed by atoms with Gasteiger partial charge in [0.15, 0.2) is 0 Å². The molecule has 0 saturated heterocycles. The summed E-state index contributed by atoms with van der Waals surface area (Å²) in [5, 5.41) is 2.93. The second kappa shape index (κ2) is 3.61. The van der Waals surface area contributed by atoms with Crippen molar-refractivity contribution < 1.29 is 4.79 Å². The van der Waals surface area contributed by atoms with Gasteiger partial charge in [-0.05, 0) is 14.0 Å². The molecule has 2 heteroatoms. The highest BCUT2D eigenvalue weighted by Crippen LogP contribution is 1.91. The summed E-state index contributed by atoms with van der Waals surface area (Å²) >= 11 is 0. The quantitative estimate of drug-likeness (QED) is 0.578. The summed E-state index contributed by atoms with van der Waals surface area (Å²) < 4.78 is 0. The molecule has 0 rings (SSSR count). The van der Waals surface area contributed by atoms with Crippen LogP contribution in [0.1, 0.15) is 13.8 Å². The van der Waals surface area contributed by atoms with E-state index in [2.05, 4.69) is 5.32 Å². The van der Waals surface area contributed by atoms with Crippen LogP contribution < -0.4 is 5.32 Å². The minimum atomic E-state index is 0.167. The van der Waals surface area contributed by atoms with E-state index < -0.39 is 0 Å². The lowest BCUT2D eigenvalue weighted by Crippen LogP contribution is -2.21. The summed E-state index contributed by atoms with van der Waals surface area (Å²) in [6.45, 7) is 4.32. The summed E-state index contributed by atoms with van der Waals surface area (Å²) in [5.41, 5.74) is 0. The van der Waals surface area contributed by atoms with Crippen molar-refractivity contribution >= 4 is 5.78 Å². The fourth-order valence-electron chi connectivity index (χ4n) is 0.450. The van der Waals surface area contributed by atoms with E-state index in [1.165, 1.54) is 0 Å². The highest BCUT2D eigenvalue weighted by Gasteiger charge is 2.03. The molecule has 8 heavy (non-hydrogen) atoms. The Bertz CT molecular complexity index is 80.6. The predicted molar refractivity (Wildman–Crippen MR) is 33.8 cm³/mol. The molecule has 0 saturated carbocycles. The van der Waals surface area contributed by atoms with Crippen LogP contribution in [0, 0.1) is 5.92 Å². The molecule has 0 fully saturated rings. The Balaban J connectivity index is 3.32. The van der Waals surface area contributed by atoms with E-state index in [-0.39, 0.29) is 11.7 Å². The monoisotopic (exact) mass is 115 g/mol. The van der Waals surface area contributed by atoms with Crippen LogP contribution in [0.15, 0.2) is 0 Å². The van der Waals surface area contributed by atoms with Crippen LogP contribution in [0.2, 0.25) is 0 Å². The molecule has 0 aliphatic rings. The maximum atomic E-state index is 10.5. The Morgan fingerprint density at radius 1 is 1.75 bits per heavy atom. The molecule has 0 aromatic heterocycles. The zero-order valence-corrected chi connectivity index (χ0v) is 5.69. The minimum absolute atomic E-state index is 0.167. The van der Waals surface area contributed by atoms with Crippen molar-refractivity contribution in [3.8, 4) is 0 Å². The first kappa shape index (κ1) is 7.63. The molecular formula is C6H13NO. The van der Waals surface area contributed by atoms with Crippen molar-refractivity contribution in [2.75, 3.05) is 13.6 Å². The molecule has 0 aliphatic carbocycles. The average molecular weight is 115 g/mol. The van der Waals surface area contributed by atoms with E-state index in [4.69, 9.17) is 0 Å².